The first-order valence-corrected chi connectivity index (χ1v) is 7.14. The third-order valence-corrected chi connectivity index (χ3v) is 3.85. The molecule has 0 amide bonds. The third kappa shape index (κ3) is 4.43. The molecule has 0 saturated carbocycles. The average molecular weight is 248 g/mol. The number of nitrogens with two attached hydrogens (primary N) is 1. The lowest BCUT2D eigenvalue weighted by atomic mass is 10.0. The zero-order valence-corrected chi connectivity index (χ0v) is 12.3. The molecule has 0 spiro atoms. The van der Waals surface area contributed by atoms with E-state index in [0.29, 0.717) is 6.04 Å². The van der Waals surface area contributed by atoms with Gasteiger partial charge in [-0.2, -0.15) is 0 Å². The molecule has 0 radical (unpaired) electrons. The fourth-order valence-electron chi connectivity index (χ4n) is 2.23. The van der Waals surface area contributed by atoms with Crippen LogP contribution in [0.2, 0.25) is 0 Å². The van der Waals surface area contributed by atoms with Crippen LogP contribution in [0.15, 0.2) is 24.3 Å². The highest BCUT2D eigenvalue weighted by Gasteiger charge is 2.12. The van der Waals surface area contributed by atoms with Crippen LogP contribution in [-0.4, -0.2) is 24.0 Å². The van der Waals surface area contributed by atoms with Gasteiger partial charge in [0.25, 0.3) is 0 Å². The molecule has 0 heterocycles. The topological polar surface area (TPSA) is 29.3 Å². The van der Waals surface area contributed by atoms with Gasteiger partial charge in [-0.3, -0.25) is 0 Å². The summed E-state index contributed by atoms with van der Waals surface area (Å²) in [5.74, 6) is 0. The van der Waals surface area contributed by atoms with Crippen molar-refractivity contribution in [2.45, 2.75) is 52.6 Å². The van der Waals surface area contributed by atoms with E-state index in [1.807, 2.05) is 0 Å². The van der Waals surface area contributed by atoms with Crippen molar-refractivity contribution in [1.29, 1.82) is 0 Å². The van der Waals surface area contributed by atoms with Crippen molar-refractivity contribution in [3.05, 3.63) is 35.4 Å². The molecule has 0 bridgehead atoms. The molecule has 0 aliphatic rings. The van der Waals surface area contributed by atoms with Crippen LogP contribution in [0.1, 0.15) is 50.8 Å². The zero-order valence-electron chi connectivity index (χ0n) is 12.3. The van der Waals surface area contributed by atoms with Gasteiger partial charge in [-0.1, -0.05) is 43.7 Å². The standard InChI is InChI=1S/C16H28N2/c1-5-14(4)18(6-2)12-11-16(17)15-9-7-13(3)8-10-15/h7-10,14,16H,5-6,11-12,17H2,1-4H3. The Bertz CT molecular complexity index is 331. The second kappa shape index (κ2) is 7.55. The Morgan fingerprint density at radius 2 is 1.78 bits per heavy atom. The lowest BCUT2D eigenvalue weighted by molar-refractivity contribution is 0.207. The van der Waals surface area contributed by atoms with E-state index >= 15 is 0 Å². The molecular weight excluding hydrogens is 220 g/mol. The second-order valence-corrected chi connectivity index (χ2v) is 5.19. The zero-order chi connectivity index (χ0) is 13.5. The summed E-state index contributed by atoms with van der Waals surface area (Å²) in [5.41, 5.74) is 8.81. The minimum atomic E-state index is 0.156. The van der Waals surface area contributed by atoms with Crippen LogP contribution in [0.4, 0.5) is 0 Å². The Morgan fingerprint density at radius 1 is 1.17 bits per heavy atom. The summed E-state index contributed by atoms with van der Waals surface area (Å²) >= 11 is 0. The van der Waals surface area contributed by atoms with E-state index in [-0.39, 0.29) is 6.04 Å². The van der Waals surface area contributed by atoms with Gasteiger partial charge in [0.1, 0.15) is 0 Å². The molecular formula is C16H28N2. The highest BCUT2D eigenvalue weighted by molar-refractivity contribution is 5.23. The fraction of sp³-hybridized carbons (Fsp3) is 0.625. The number of benzene rings is 1. The maximum atomic E-state index is 6.26. The Kier molecular flexibility index (Phi) is 6.37. The quantitative estimate of drug-likeness (QED) is 0.800. The molecule has 18 heavy (non-hydrogen) atoms. The fourth-order valence-corrected chi connectivity index (χ4v) is 2.23. The molecule has 1 aromatic rings. The number of aryl methyl sites for hydroxylation is 1. The Labute approximate surface area is 112 Å². The molecule has 2 unspecified atom stereocenters. The van der Waals surface area contributed by atoms with Crippen LogP contribution in [0.5, 0.6) is 0 Å². The van der Waals surface area contributed by atoms with E-state index in [1.54, 1.807) is 0 Å². The first-order chi connectivity index (χ1) is 8.58. The number of hydrogen-bond acceptors (Lipinski definition) is 2. The molecule has 1 rings (SSSR count). The lowest BCUT2D eigenvalue weighted by Gasteiger charge is -2.28. The van der Waals surface area contributed by atoms with Crippen LogP contribution < -0.4 is 5.73 Å². The predicted molar refractivity (Wildman–Crippen MR) is 79.7 cm³/mol. The largest absolute Gasteiger partial charge is 0.324 e. The summed E-state index contributed by atoms with van der Waals surface area (Å²) < 4.78 is 0. The monoisotopic (exact) mass is 248 g/mol. The smallest absolute Gasteiger partial charge is 0.0307 e. The minimum absolute atomic E-state index is 0.156. The molecule has 2 N–H and O–H groups in total. The van der Waals surface area contributed by atoms with Gasteiger partial charge in [0.05, 0.1) is 0 Å². The lowest BCUT2D eigenvalue weighted by Crippen LogP contribution is -2.34. The highest BCUT2D eigenvalue weighted by Crippen LogP contribution is 2.16. The summed E-state index contributed by atoms with van der Waals surface area (Å²) in [7, 11) is 0. The summed E-state index contributed by atoms with van der Waals surface area (Å²) in [6, 6.07) is 9.39. The van der Waals surface area contributed by atoms with Crippen LogP contribution in [0.3, 0.4) is 0 Å². The van der Waals surface area contributed by atoms with Crippen LogP contribution in [0, 0.1) is 6.92 Å². The molecule has 2 heteroatoms. The van der Waals surface area contributed by atoms with Gasteiger partial charge < -0.3 is 10.6 Å². The predicted octanol–water partition coefficient (Wildman–Crippen LogP) is 3.51. The van der Waals surface area contributed by atoms with Crippen LogP contribution >= 0.6 is 0 Å². The first kappa shape index (κ1) is 15.2. The van der Waals surface area contributed by atoms with Crippen molar-refractivity contribution in [1.82, 2.24) is 4.90 Å². The van der Waals surface area contributed by atoms with Gasteiger partial charge >= 0.3 is 0 Å². The van der Waals surface area contributed by atoms with Crippen molar-refractivity contribution >= 4 is 0 Å². The van der Waals surface area contributed by atoms with Crippen LogP contribution in [-0.2, 0) is 0 Å². The summed E-state index contributed by atoms with van der Waals surface area (Å²) in [5, 5.41) is 0. The van der Waals surface area contributed by atoms with E-state index in [0.717, 1.165) is 19.5 Å². The molecule has 0 aliphatic carbocycles. The maximum absolute atomic E-state index is 6.26. The summed E-state index contributed by atoms with van der Waals surface area (Å²) in [4.78, 5) is 2.51. The Balaban J connectivity index is 2.49. The minimum Gasteiger partial charge on any atom is -0.324 e. The van der Waals surface area contributed by atoms with E-state index in [1.165, 1.54) is 17.5 Å². The van der Waals surface area contributed by atoms with Gasteiger partial charge in [0.2, 0.25) is 0 Å². The van der Waals surface area contributed by atoms with Crippen LogP contribution in [0.25, 0.3) is 0 Å². The highest BCUT2D eigenvalue weighted by atomic mass is 15.1. The van der Waals surface area contributed by atoms with E-state index in [9.17, 15) is 0 Å². The van der Waals surface area contributed by atoms with E-state index in [4.69, 9.17) is 5.73 Å². The first-order valence-electron chi connectivity index (χ1n) is 7.14. The normalized spacial score (nSPS) is 14.8. The Hall–Kier alpha value is -0.860. The third-order valence-electron chi connectivity index (χ3n) is 3.85. The number of hydrogen-bond donors (Lipinski definition) is 1. The van der Waals surface area contributed by atoms with Crippen molar-refractivity contribution < 1.29 is 0 Å². The molecule has 1 aromatic carbocycles. The van der Waals surface area contributed by atoms with Gasteiger partial charge in [0, 0.05) is 18.6 Å². The van der Waals surface area contributed by atoms with Crippen molar-refractivity contribution in [3.63, 3.8) is 0 Å². The van der Waals surface area contributed by atoms with E-state index in [2.05, 4.69) is 56.9 Å². The van der Waals surface area contributed by atoms with Crippen molar-refractivity contribution in [2.75, 3.05) is 13.1 Å². The molecule has 0 fully saturated rings. The summed E-state index contributed by atoms with van der Waals surface area (Å²) in [6.07, 6.45) is 2.23. The molecule has 0 saturated heterocycles. The number of rotatable bonds is 7. The summed E-state index contributed by atoms with van der Waals surface area (Å²) in [6.45, 7) is 11.1. The molecule has 0 aromatic heterocycles. The number of nitrogens with zero attached hydrogens (tertiary/aromatic N) is 1. The molecule has 2 atom stereocenters. The van der Waals surface area contributed by atoms with Gasteiger partial charge in [0.15, 0.2) is 0 Å². The Morgan fingerprint density at radius 3 is 2.28 bits per heavy atom. The molecule has 2 nitrogen and oxygen atoms in total. The SMILES string of the molecule is CCC(C)N(CC)CCC(N)c1ccc(C)cc1. The molecule has 0 aliphatic heterocycles. The van der Waals surface area contributed by atoms with Gasteiger partial charge in [-0.05, 0) is 38.8 Å². The van der Waals surface area contributed by atoms with Gasteiger partial charge in [-0.25, -0.2) is 0 Å². The van der Waals surface area contributed by atoms with Crippen molar-refractivity contribution in [2.24, 2.45) is 5.73 Å². The average Bonchev–Trinajstić information content (AvgIpc) is 2.39. The van der Waals surface area contributed by atoms with Gasteiger partial charge in [-0.15, -0.1) is 0 Å². The molecule has 102 valence electrons. The second-order valence-electron chi connectivity index (χ2n) is 5.19. The maximum Gasteiger partial charge on any atom is 0.0307 e. The van der Waals surface area contributed by atoms with Crippen molar-refractivity contribution in [3.8, 4) is 0 Å². The van der Waals surface area contributed by atoms with E-state index < -0.39 is 0 Å².